The van der Waals surface area contributed by atoms with Gasteiger partial charge in [0.2, 0.25) is 0 Å². The lowest BCUT2D eigenvalue weighted by Crippen LogP contribution is -2.46. The molecule has 1 aliphatic rings. The number of methoxy groups -OCH3 is 1. The zero-order chi connectivity index (χ0) is 18.9. The molecule has 0 N–H and O–H groups in total. The summed E-state index contributed by atoms with van der Waals surface area (Å²) >= 11 is 0. The highest BCUT2D eigenvalue weighted by molar-refractivity contribution is 5.83. The minimum atomic E-state index is -0.858. The number of amides is 1. The zero-order valence-electron chi connectivity index (χ0n) is 15.4. The van der Waals surface area contributed by atoms with E-state index in [0.29, 0.717) is 37.8 Å². The van der Waals surface area contributed by atoms with Gasteiger partial charge in [0.15, 0.2) is 24.2 Å². The number of allylic oxidation sites excluding steroid dienone is 1. The van der Waals surface area contributed by atoms with Crippen molar-refractivity contribution >= 4 is 18.0 Å². The Bertz CT molecular complexity index is 651. The number of nitrogens with zero attached hydrogens (tertiary/aromatic N) is 1. The molecule has 0 radical (unpaired) electrons. The Morgan fingerprint density at radius 1 is 1.27 bits per heavy atom. The molecule has 0 bridgehead atoms. The van der Waals surface area contributed by atoms with E-state index in [1.807, 2.05) is 31.2 Å². The number of hydrogen-bond donors (Lipinski definition) is 0. The lowest BCUT2D eigenvalue weighted by molar-refractivity contribution is -0.162. The lowest BCUT2D eigenvalue weighted by Gasteiger charge is -2.28. The summed E-state index contributed by atoms with van der Waals surface area (Å²) in [7, 11) is 1.53. The maximum Gasteiger partial charge on any atom is 0.344 e. The van der Waals surface area contributed by atoms with E-state index in [4.69, 9.17) is 18.9 Å². The van der Waals surface area contributed by atoms with Gasteiger partial charge in [-0.15, -0.1) is 0 Å². The van der Waals surface area contributed by atoms with Gasteiger partial charge in [0, 0.05) is 13.1 Å². The van der Waals surface area contributed by atoms with Gasteiger partial charge in [-0.2, -0.15) is 0 Å². The van der Waals surface area contributed by atoms with Gasteiger partial charge in [-0.05, 0) is 31.5 Å². The van der Waals surface area contributed by atoms with Crippen LogP contribution in [0.1, 0.15) is 19.4 Å². The number of rotatable bonds is 7. The Balaban J connectivity index is 1.87. The van der Waals surface area contributed by atoms with Crippen molar-refractivity contribution in [2.75, 3.05) is 40.0 Å². The fourth-order valence-electron chi connectivity index (χ4n) is 2.56. The summed E-state index contributed by atoms with van der Waals surface area (Å²) in [5.41, 5.74) is 0.962. The molecule has 0 spiro atoms. The van der Waals surface area contributed by atoms with Crippen LogP contribution in [-0.4, -0.2) is 62.9 Å². The van der Waals surface area contributed by atoms with Gasteiger partial charge in [0.25, 0.3) is 5.91 Å². The molecule has 1 saturated heterocycles. The molecule has 1 heterocycles. The minimum Gasteiger partial charge on any atom is -0.493 e. The summed E-state index contributed by atoms with van der Waals surface area (Å²) in [6, 6.07) is 5.39. The van der Waals surface area contributed by atoms with Crippen molar-refractivity contribution in [2.24, 2.45) is 0 Å². The molecule has 1 aliphatic heterocycles. The Morgan fingerprint density at radius 2 is 2.00 bits per heavy atom. The number of esters is 1. The predicted molar refractivity (Wildman–Crippen MR) is 96.2 cm³/mol. The van der Waals surface area contributed by atoms with E-state index in [0.717, 1.165) is 5.56 Å². The maximum atomic E-state index is 12.2. The first-order chi connectivity index (χ1) is 12.5. The van der Waals surface area contributed by atoms with Crippen LogP contribution >= 0.6 is 0 Å². The summed E-state index contributed by atoms with van der Waals surface area (Å²) in [4.78, 5) is 25.9. The summed E-state index contributed by atoms with van der Waals surface area (Å²) in [6.07, 6.45) is 2.99. The molecule has 0 saturated carbocycles. The average molecular weight is 363 g/mol. The van der Waals surface area contributed by atoms with Gasteiger partial charge < -0.3 is 23.8 Å². The van der Waals surface area contributed by atoms with Crippen LogP contribution in [0.3, 0.4) is 0 Å². The topological polar surface area (TPSA) is 74.3 Å². The highest BCUT2D eigenvalue weighted by Gasteiger charge is 2.25. The van der Waals surface area contributed by atoms with E-state index in [-0.39, 0.29) is 12.5 Å². The molecule has 142 valence electrons. The van der Waals surface area contributed by atoms with Crippen LogP contribution in [0.15, 0.2) is 24.3 Å². The van der Waals surface area contributed by atoms with Crippen molar-refractivity contribution < 1.29 is 28.5 Å². The van der Waals surface area contributed by atoms with Crippen molar-refractivity contribution in [1.29, 1.82) is 0 Å². The smallest absolute Gasteiger partial charge is 0.344 e. The molecule has 1 fully saturated rings. The predicted octanol–water partition coefficient (Wildman–Crippen LogP) is 1.90. The summed E-state index contributed by atoms with van der Waals surface area (Å²) in [5, 5.41) is 0. The van der Waals surface area contributed by atoms with Crippen LogP contribution in [-0.2, 0) is 19.1 Å². The molecule has 26 heavy (non-hydrogen) atoms. The second-order valence-electron chi connectivity index (χ2n) is 5.77. The van der Waals surface area contributed by atoms with E-state index < -0.39 is 12.1 Å². The molecule has 0 aromatic heterocycles. The van der Waals surface area contributed by atoms with Crippen molar-refractivity contribution in [3.8, 4) is 11.5 Å². The summed E-state index contributed by atoms with van der Waals surface area (Å²) in [5.74, 6) is 0.115. The number of morpholine rings is 1. The number of carbonyl (C=O) groups is 2. The second-order valence-corrected chi connectivity index (χ2v) is 5.77. The van der Waals surface area contributed by atoms with Gasteiger partial charge >= 0.3 is 5.97 Å². The van der Waals surface area contributed by atoms with E-state index in [2.05, 4.69) is 0 Å². The summed E-state index contributed by atoms with van der Waals surface area (Å²) < 4.78 is 21.1. The third-order valence-electron chi connectivity index (χ3n) is 3.87. The van der Waals surface area contributed by atoms with E-state index in [1.165, 1.54) is 7.11 Å². The largest absolute Gasteiger partial charge is 0.493 e. The molecule has 7 nitrogen and oxygen atoms in total. The van der Waals surface area contributed by atoms with Crippen molar-refractivity contribution in [1.82, 2.24) is 4.90 Å². The standard InChI is InChI=1S/C19H25NO6/c1-4-5-15-6-7-16(17(12-15)23-3)25-13-18(21)26-14(2)19(22)20-8-10-24-11-9-20/h4-7,12,14H,8-11,13H2,1-3H3/b5-4+/t14-/m1/s1. The molecule has 1 aromatic rings. The zero-order valence-corrected chi connectivity index (χ0v) is 15.4. The average Bonchev–Trinajstić information content (AvgIpc) is 2.67. The fourth-order valence-corrected chi connectivity index (χ4v) is 2.56. The first kappa shape index (κ1) is 19.8. The van der Waals surface area contributed by atoms with Crippen molar-refractivity contribution in [3.63, 3.8) is 0 Å². The Morgan fingerprint density at radius 3 is 2.65 bits per heavy atom. The van der Waals surface area contributed by atoms with E-state index >= 15 is 0 Å². The SMILES string of the molecule is C/C=C/c1ccc(OCC(=O)O[C@H](C)C(=O)N2CCOCC2)c(OC)c1. The first-order valence-electron chi connectivity index (χ1n) is 8.54. The highest BCUT2D eigenvalue weighted by atomic mass is 16.6. The fraction of sp³-hybridized carbons (Fsp3) is 0.474. The second kappa shape index (κ2) is 9.82. The third kappa shape index (κ3) is 5.49. The summed E-state index contributed by atoms with van der Waals surface area (Å²) in [6.45, 7) is 5.19. The monoisotopic (exact) mass is 363 g/mol. The van der Waals surface area contributed by atoms with E-state index in [9.17, 15) is 9.59 Å². The molecule has 1 amide bonds. The van der Waals surface area contributed by atoms with Gasteiger partial charge in [0.1, 0.15) is 0 Å². The molecular weight excluding hydrogens is 338 g/mol. The van der Waals surface area contributed by atoms with Crippen molar-refractivity contribution in [3.05, 3.63) is 29.8 Å². The van der Waals surface area contributed by atoms with Gasteiger partial charge in [-0.25, -0.2) is 4.79 Å². The van der Waals surface area contributed by atoms with Crippen LogP contribution in [0.25, 0.3) is 6.08 Å². The van der Waals surface area contributed by atoms with Gasteiger partial charge in [0.05, 0.1) is 20.3 Å². The van der Waals surface area contributed by atoms with Crippen LogP contribution in [0.4, 0.5) is 0 Å². The highest BCUT2D eigenvalue weighted by Crippen LogP contribution is 2.28. The minimum absolute atomic E-state index is 0.227. The molecular formula is C19H25NO6. The quantitative estimate of drug-likeness (QED) is 0.689. The normalized spacial score (nSPS) is 15.6. The third-order valence-corrected chi connectivity index (χ3v) is 3.87. The molecule has 2 rings (SSSR count). The maximum absolute atomic E-state index is 12.2. The van der Waals surface area contributed by atoms with Crippen LogP contribution < -0.4 is 9.47 Å². The van der Waals surface area contributed by atoms with E-state index in [1.54, 1.807) is 17.9 Å². The van der Waals surface area contributed by atoms with Crippen molar-refractivity contribution in [2.45, 2.75) is 20.0 Å². The van der Waals surface area contributed by atoms with Gasteiger partial charge in [-0.1, -0.05) is 18.2 Å². The first-order valence-corrected chi connectivity index (χ1v) is 8.54. The molecule has 0 unspecified atom stereocenters. The number of ether oxygens (including phenoxy) is 4. The molecule has 1 aromatic carbocycles. The van der Waals surface area contributed by atoms with Gasteiger partial charge in [-0.3, -0.25) is 4.79 Å². The number of hydrogen-bond acceptors (Lipinski definition) is 6. The van der Waals surface area contributed by atoms with Crippen LogP contribution in [0.2, 0.25) is 0 Å². The van der Waals surface area contributed by atoms with Crippen LogP contribution in [0.5, 0.6) is 11.5 Å². The molecule has 0 aliphatic carbocycles. The Hall–Kier alpha value is -2.54. The molecule has 7 heteroatoms. The molecule has 1 atom stereocenters. The van der Waals surface area contributed by atoms with Crippen LogP contribution in [0, 0.1) is 0 Å². The Labute approximate surface area is 153 Å². The lowest BCUT2D eigenvalue weighted by atomic mass is 10.2. The number of carbonyl (C=O) groups excluding carboxylic acids is 2. The number of benzene rings is 1. The Kier molecular flexibility index (Phi) is 7.47.